The third-order valence-electron chi connectivity index (χ3n) is 1.70. The largest absolute Gasteiger partial charge is 0.403 e. The van der Waals surface area contributed by atoms with E-state index >= 15 is 0 Å². The average molecular weight is 261 g/mol. The number of ketones is 1. The monoisotopic (exact) mass is 260 g/mol. The Labute approximate surface area is 87.6 Å². The summed E-state index contributed by atoms with van der Waals surface area (Å²) in [5.74, 6) is -4.03. The van der Waals surface area contributed by atoms with Gasteiger partial charge in [-0.25, -0.2) is 8.42 Å². The van der Waals surface area contributed by atoms with Crippen LogP contribution in [0.5, 0.6) is 0 Å². The lowest BCUT2D eigenvalue weighted by atomic mass is 9.98. The van der Waals surface area contributed by atoms with Crippen LogP contribution in [0, 0.1) is 5.92 Å². The van der Waals surface area contributed by atoms with E-state index in [0.717, 1.165) is 6.08 Å². The van der Waals surface area contributed by atoms with Crippen molar-refractivity contribution in [1.29, 1.82) is 0 Å². The minimum absolute atomic E-state index is 0.656. The molecular formula is C7H4ClF3O3S. The molecule has 1 aliphatic carbocycles. The van der Waals surface area contributed by atoms with E-state index in [1.165, 1.54) is 0 Å². The number of hydrogen-bond donors (Lipinski definition) is 0. The number of hydrogen-bond acceptors (Lipinski definition) is 3. The van der Waals surface area contributed by atoms with Gasteiger partial charge in [-0.05, 0) is 12.2 Å². The fourth-order valence-corrected chi connectivity index (χ4v) is 2.31. The Morgan fingerprint density at radius 2 is 1.87 bits per heavy atom. The molecule has 0 heterocycles. The van der Waals surface area contributed by atoms with Gasteiger partial charge in [-0.3, -0.25) is 4.79 Å². The standard InChI is InChI=1S/C7H4ClF3O3S/c8-15(13,14)5-3-1-2-4(12)6(5)7(9,10)11/h1-3,6H. The van der Waals surface area contributed by atoms with Crippen molar-refractivity contribution in [3.8, 4) is 0 Å². The molecule has 0 amide bonds. The number of carbonyl (C=O) groups excluding carboxylic acids is 1. The van der Waals surface area contributed by atoms with Crippen molar-refractivity contribution >= 4 is 25.5 Å². The summed E-state index contributed by atoms with van der Waals surface area (Å²) >= 11 is 0. The van der Waals surface area contributed by atoms with E-state index in [-0.39, 0.29) is 0 Å². The molecule has 1 atom stereocenters. The van der Waals surface area contributed by atoms with E-state index in [2.05, 4.69) is 0 Å². The molecule has 0 aliphatic heterocycles. The number of halogens is 4. The number of carbonyl (C=O) groups is 1. The molecule has 1 rings (SSSR count). The van der Waals surface area contributed by atoms with Gasteiger partial charge < -0.3 is 0 Å². The highest BCUT2D eigenvalue weighted by Crippen LogP contribution is 2.38. The highest BCUT2D eigenvalue weighted by Gasteiger charge is 2.50. The summed E-state index contributed by atoms with van der Waals surface area (Å²) in [5.41, 5.74) is 0. The Bertz CT molecular complexity index is 447. The maximum Gasteiger partial charge on any atom is 0.403 e. The molecule has 15 heavy (non-hydrogen) atoms. The molecule has 0 aromatic rings. The maximum atomic E-state index is 12.4. The normalized spacial score (nSPS) is 22.8. The van der Waals surface area contributed by atoms with Crippen LogP contribution in [0.25, 0.3) is 0 Å². The van der Waals surface area contributed by atoms with Crippen molar-refractivity contribution in [2.45, 2.75) is 6.18 Å². The van der Waals surface area contributed by atoms with Crippen molar-refractivity contribution in [2.75, 3.05) is 0 Å². The summed E-state index contributed by atoms with van der Waals surface area (Å²) in [6, 6.07) is 0. The molecule has 84 valence electrons. The molecular weight excluding hydrogens is 257 g/mol. The molecule has 1 aliphatic rings. The van der Waals surface area contributed by atoms with Gasteiger partial charge >= 0.3 is 6.18 Å². The van der Waals surface area contributed by atoms with E-state index < -0.39 is 31.8 Å². The van der Waals surface area contributed by atoms with Gasteiger partial charge in [-0.2, -0.15) is 13.2 Å². The lowest BCUT2D eigenvalue weighted by Gasteiger charge is -2.20. The molecule has 0 saturated heterocycles. The van der Waals surface area contributed by atoms with E-state index in [1.54, 1.807) is 0 Å². The van der Waals surface area contributed by atoms with Crippen molar-refractivity contribution in [3.05, 3.63) is 23.1 Å². The van der Waals surface area contributed by atoms with Crippen molar-refractivity contribution in [2.24, 2.45) is 5.92 Å². The van der Waals surface area contributed by atoms with Crippen LogP contribution in [0.2, 0.25) is 0 Å². The van der Waals surface area contributed by atoms with Gasteiger partial charge in [0.2, 0.25) is 0 Å². The molecule has 1 unspecified atom stereocenters. The summed E-state index contributed by atoms with van der Waals surface area (Å²) in [5, 5.41) is 0. The second-order valence-electron chi connectivity index (χ2n) is 2.74. The van der Waals surface area contributed by atoms with E-state index in [9.17, 15) is 26.4 Å². The predicted molar refractivity (Wildman–Crippen MR) is 46.5 cm³/mol. The zero-order chi connectivity index (χ0) is 11.9. The van der Waals surface area contributed by atoms with Crippen LogP contribution >= 0.6 is 10.7 Å². The molecule has 0 spiro atoms. The van der Waals surface area contributed by atoms with Gasteiger partial charge in [0.15, 0.2) is 11.7 Å². The molecule has 0 aromatic carbocycles. The lowest BCUT2D eigenvalue weighted by Crippen LogP contribution is -2.34. The van der Waals surface area contributed by atoms with Crippen molar-refractivity contribution < 1.29 is 26.4 Å². The summed E-state index contributed by atoms with van der Waals surface area (Å²) in [7, 11) is 0.246. The zero-order valence-corrected chi connectivity index (χ0v) is 8.53. The van der Waals surface area contributed by atoms with E-state index in [0.29, 0.717) is 12.2 Å². The van der Waals surface area contributed by atoms with Gasteiger partial charge in [0, 0.05) is 10.7 Å². The zero-order valence-electron chi connectivity index (χ0n) is 6.95. The van der Waals surface area contributed by atoms with E-state index in [1.807, 2.05) is 0 Å². The third kappa shape index (κ3) is 2.60. The minimum atomic E-state index is -4.96. The third-order valence-corrected chi connectivity index (χ3v) is 3.17. The van der Waals surface area contributed by atoms with Gasteiger partial charge in [-0.1, -0.05) is 6.08 Å². The molecule has 0 bridgehead atoms. The van der Waals surface area contributed by atoms with Crippen LogP contribution in [-0.4, -0.2) is 20.4 Å². The van der Waals surface area contributed by atoms with Crippen LogP contribution in [0.1, 0.15) is 0 Å². The Hall–Kier alpha value is -0.820. The van der Waals surface area contributed by atoms with Gasteiger partial charge in [0.1, 0.15) is 0 Å². The molecule has 8 heteroatoms. The molecule has 0 saturated carbocycles. The van der Waals surface area contributed by atoms with Crippen LogP contribution in [0.4, 0.5) is 13.2 Å². The Morgan fingerprint density at radius 3 is 2.20 bits per heavy atom. The fourth-order valence-electron chi connectivity index (χ4n) is 1.12. The fraction of sp³-hybridized carbons (Fsp3) is 0.286. The van der Waals surface area contributed by atoms with Crippen LogP contribution < -0.4 is 0 Å². The Kier molecular flexibility index (Phi) is 2.97. The minimum Gasteiger partial charge on any atom is -0.294 e. The van der Waals surface area contributed by atoms with Crippen molar-refractivity contribution in [3.63, 3.8) is 0 Å². The summed E-state index contributed by atoms with van der Waals surface area (Å²) in [6.07, 6.45) is -2.72. The number of allylic oxidation sites excluding steroid dienone is 4. The van der Waals surface area contributed by atoms with Crippen molar-refractivity contribution in [1.82, 2.24) is 0 Å². The number of alkyl halides is 3. The molecule has 0 fully saturated rings. The van der Waals surface area contributed by atoms with Gasteiger partial charge in [0.25, 0.3) is 9.05 Å². The molecule has 3 nitrogen and oxygen atoms in total. The SMILES string of the molecule is O=C1C=CC=C(S(=O)(=O)Cl)C1C(F)(F)F. The topological polar surface area (TPSA) is 51.2 Å². The first-order chi connectivity index (χ1) is 6.64. The predicted octanol–water partition coefficient (Wildman–Crippen LogP) is 1.76. The second kappa shape index (κ2) is 3.64. The summed E-state index contributed by atoms with van der Waals surface area (Å²) in [4.78, 5) is 9.79. The number of rotatable bonds is 1. The quantitative estimate of drug-likeness (QED) is 0.675. The van der Waals surface area contributed by atoms with Crippen LogP contribution in [0.3, 0.4) is 0 Å². The highest BCUT2D eigenvalue weighted by molar-refractivity contribution is 8.16. The summed E-state index contributed by atoms with van der Waals surface area (Å²) in [6.45, 7) is 0. The Morgan fingerprint density at radius 1 is 1.33 bits per heavy atom. The lowest BCUT2D eigenvalue weighted by molar-refractivity contribution is -0.169. The smallest absolute Gasteiger partial charge is 0.294 e. The average Bonchev–Trinajstić information content (AvgIpc) is 1.99. The molecule has 0 radical (unpaired) electrons. The van der Waals surface area contributed by atoms with Crippen LogP contribution in [0.15, 0.2) is 23.1 Å². The highest BCUT2D eigenvalue weighted by atomic mass is 35.7. The first-order valence-electron chi connectivity index (χ1n) is 3.57. The maximum absolute atomic E-state index is 12.4. The van der Waals surface area contributed by atoms with Gasteiger partial charge in [-0.15, -0.1) is 0 Å². The first kappa shape index (κ1) is 12.3. The second-order valence-corrected chi connectivity index (χ2v) is 5.31. The van der Waals surface area contributed by atoms with Crippen LogP contribution in [-0.2, 0) is 13.8 Å². The molecule has 0 aromatic heterocycles. The molecule has 0 N–H and O–H groups in total. The van der Waals surface area contributed by atoms with E-state index in [4.69, 9.17) is 10.7 Å². The Balaban J connectivity index is 3.30. The first-order valence-corrected chi connectivity index (χ1v) is 5.88. The van der Waals surface area contributed by atoms with Gasteiger partial charge in [0.05, 0.1) is 4.91 Å². The summed E-state index contributed by atoms with van der Waals surface area (Å²) < 4.78 is 58.7.